The monoisotopic (exact) mass is 199 g/mol. The molecule has 0 radical (unpaired) electrons. The fourth-order valence-corrected chi connectivity index (χ4v) is 1.55. The maximum Gasteiger partial charge on any atom is 0.316 e. The van der Waals surface area contributed by atoms with Crippen LogP contribution < -0.4 is 4.73 Å². The summed E-state index contributed by atoms with van der Waals surface area (Å²) in [5.74, 6) is 0.258. The molecule has 0 saturated carbocycles. The zero-order chi connectivity index (χ0) is 10.8. The van der Waals surface area contributed by atoms with Gasteiger partial charge in [0.15, 0.2) is 5.52 Å². The van der Waals surface area contributed by atoms with Gasteiger partial charge < -0.3 is 5.21 Å². The van der Waals surface area contributed by atoms with Crippen molar-refractivity contribution >= 4 is 10.9 Å². The summed E-state index contributed by atoms with van der Waals surface area (Å²) in [5.41, 5.74) is 1.35. The Bertz CT molecular complexity index is 557. The first kappa shape index (κ1) is 9.41. The van der Waals surface area contributed by atoms with Crippen molar-refractivity contribution in [1.29, 1.82) is 5.26 Å². The van der Waals surface area contributed by atoms with Crippen LogP contribution in [0.2, 0.25) is 0 Å². The van der Waals surface area contributed by atoms with Gasteiger partial charge in [-0.1, -0.05) is 12.1 Å². The van der Waals surface area contributed by atoms with Gasteiger partial charge in [-0.3, -0.25) is 0 Å². The number of aromatic nitrogens is 2. The number of hydrogen-bond donors (Lipinski definition) is 0. The summed E-state index contributed by atoms with van der Waals surface area (Å²) < 4.78 is 0.728. The van der Waals surface area contributed by atoms with Gasteiger partial charge >= 0.3 is 5.82 Å². The van der Waals surface area contributed by atoms with Gasteiger partial charge in [0.1, 0.15) is 12.1 Å². The third-order valence-corrected chi connectivity index (χ3v) is 2.32. The normalized spacial score (nSPS) is 10.1. The molecule has 2 rings (SSSR count). The van der Waals surface area contributed by atoms with E-state index in [9.17, 15) is 5.21 Å². The van der Waals surface area contributed by atoms with Crippen molar-refractivity contribution in [2.45, 2.75) is 13.3 Å². The molecule has 1 heterocycles. The Balaban J connectivity index is 2.78. The number of para-hydroxylation sites is 1. The maximum absolute atomic E-state index is 11.7. The fourth-order valence-electron chi connectivity index (χ4n) is 1.55. The summed E-state index contributed by atoms with van der Waals surface area (Å²) in [5, 5.41) is 21.1. The molecule has 15 heavy (non-hydrogen) atoms. The number of hydrogen-bond acceptors (Lipinski definition) is 3. The molecule has 1 aromatic carbocycles. The number of benzene rings is 1. The van der Waals surface area contributed by atoms with Crippen molar-refractivity contribution < 1.29 is 4.73 Å². The molecule has 0 aliphatic carbocycles. The third kappa shape index (κ3) is 1.48. The fraction of sp³-hybridized carbons (Fsp3) is 0.182. The summed E-state index contributed by atoms with van der Waals surface area (Å²) in [6, 6.07) is 9.34. The van der Waals surface area contributed by atoms with E-state index in [1.807, 2.05) is 30.3 Å². The second-order valence-corrected chi connectivity index (χ2v) is 3.26. The quantitative estimate of drug-likeness (QED) is 0.512. The highest BCUT2D eigenvalue weighted by Gasteiger charge is 2.14. The van der Waals surface area contributed by atoms with Crippen molar-refractivity contribution in [3.8, 4) is 6.07 Å². The molecule has 0 aliphatic rings. The topological polar surface area (TPSA) is 63.6 Å². The van der Waals surface area contributed by atoms with Gasteiger partial charge in [-0.15, -0.1) is 0 Å². The van der Waals surface area contributed by atoms with Crippen LogP contribution >= 0.6 is 0 Å². The molecule has 0 bridgehead atoms. The highest BCUT2D eigenvalue weighted by Crippen LogP contribution is 2.13. The van der Waals surface area contributed by atoms with Gasteiger partial charge in [0.25, 0.3) is 0 Å². The molecule has 0 saturated heterocycles. The predicted molar refractivity (Wildman–Crippen MR) is 54.8 cm³/mol. The van der Waals surface area contributed by atoms with Crippen LogP contribution in [-0.2, 0) is 6.42 Å². The number of nitrogens with zero attached hydrogens (tertiary/aromatic N) is 3. The molecule has 0 aliphatic heterocycles. The van der Waals surface area contributed by atoms with Crippen molar-refractivity contribution in [2.75, 3.05) is 0 Å². The number of nitriles is 1. The van der Waals surface area contributed by atoms with Crippen molar-refractivity contribution in [3.63, 3.8) is 0 Å². The summed E-state index contributed by atoms with van der Waals surface area (Å²) in [6.45, 7) is 1.73. The van der Waals surface area contributed by atoms with E-state index < -0.39 is 0 Å². The van der Waals surface area contributed by atoms with Gasteiger partial charge in [-0.25, -0.2) is 4.73 Å². The van der Waals surface area contributed by atoms with Gasteiger partial charge in [0.2, 0.25) is 0 Å². The molecule has 0 spiro atoms. The van der Waals surface area contributed by atoms with Crippen LogP contribution in [0.5, 0.6) is 0 Å². The van der Waals surface area contributed by atoms with E-state index in [1.165, 1.54) is 0 Å². The van der Waals surface area contributed by atoms with E-state index in [2.05, 4.69) is 4.98 Å². The standard InChI is InChI=1S/C11H9N3O/c1-8-9-4-2-3-5-10(9)13-11(6-7-12)14(8)15/h2-5H,6H2,1H3. The Morgan fingerprint density at radius 3 is 2.93 bits per heavy atom. The van der Waals surface area contributed by atoms with Gasteiger partial charge in [0, 0.05) is 0 Å². The van der Waals surface area contributed by atoms with Crippen molar-refractivity contribution in [3.05, 3.63) is 41.0 Å². The molecule has 0 unspecified atom stereocenters. The Kier molecular flexibility index (Phi) is 2.22. The molecular formula is C11H9N3O. The van der Waals surface area contributed by atoms with Crippen LogP contribution in [0.4, 0.5) is 0 Å². The zero-order valence-corrected chi connectivity index (χ0v) is 8.27. The first-order valence-corrected chi connectivity index (χ1v) is 4.59. The van der Waals surface area contributed by atoms with Crippen LogP contribution in [0, 0.1) is 23.5 Å². The highest BCUT2D eigenvalue weighted by atomic mass is 16.5. The molecule has 2 aromatic rings. The minimum atomic E-state index is 0.0369. The van der Waals surface area contributed by atoms with Gasteiger partial charge in [-0.2, -0.15) is 5.26 Å². The van der Waals surface area contributed by atoms with Crippen LogP contribution in [0.1, 0.15) is 11.5 Å². The second kappa shape index (κ2) is 3.54. The average Bonchev–Trinajstić information content (AvgIpc) is 2.26. The average molecular weight is 199 g/mol. The molecule has 4 heteroatoms. The molecule has 1 aromatic heterocycles. The Morgan fingerprint density at radius 1 is 1.47 bits per heavy atom. The summed E-state index contributed by atoms with van der Waals surface area (Å²) in [7, 11) is 0. The summed E-state index contributed by atoms with van der Waals surface area (Å²) in [4.78, 5) is 4.15. The molecular weight excluding hydrogens is 190 g/mol. The molecule has 0 amide bonds. The van der Waals surface area contributed by atoms with E-state index in [0.29, 0.717) is 5.69 Å². The first-order valence-electron chi connectivity index (χ1n) is 4.59. The largest absolute Gasteiger partial charge is 0.711 e. The molecule has 0 atom stereocenters. The Hall–Kier alpha value is -2.15. The lowest BCUT2D eigenvalue weighted by atomic mass is 10.2. The zero-order valence-electron chi connectivity index (χ0n) is 8.27. The number of fused-ring (bicyclic) bond motifs is 1. The molecule has 74 valence electrons. The maximum atomic E-state index is 11.7. The molecule has 0 N–H and O–H groups in total. The van der Waals surface area contributed by atoms with Crippen molar-refractivity contribution in [2.24, 2.45) is 0 Å². The van der Waals surface area contributed by atoms with E-state index in [0.717, 1.165) is 15.6 Å². The molecule has 4 nitrogen and oxygen atoms in total. The minimum absolute atomic E-state index is 0.0369. The van der Waals surface area contributed by atoms with E-state index in [-0.39, 0.29) is 12.2 Å². The van der Waals surface area contributed by atoms with Crippen LogP contribution in [0.25, 0.3) is 10.9 Å². The summed E-state index contributed by atoms with van der Waals surface area (Å²) >= 11 is 0. The smallest absolute Gasteiger partial charge is 0.316 e. The van der Waals surface area contributed by atoms with Gasteiger partial charge in [-0.05, 0) is 24.0 Å². The SMILES string of the molecule is Cc1c2ccccc2nc(CC#N)[n+]1[O-]. The molecule has 0 fully saturated rings. The Morgan fingerprint density at radius 2 is 2.20 bits per heavy atom. The van der Waals surface area contributed by atoms with Crippen molar-refractivity contribution in [1.82, 2.24) is 4.98 Å². The third-order valence-electron chi connectivity index (χ3n) is 2.32. The lowest BCUT2D eigenvalue weighted by Crippen LogP contribution is -2.36. The van der Waals surface area contributed by atoms with E-state index in [1.54, 1.807) is 6.92 Å². The lowest BCUT2D eigenvalue weighted by Gasteiger charge is -2.09. The highest BCUT2D eigenvalue weighted by molar-refractivity contribution is 5.79. The second-order valence-electron chi connectivity index (χ2n) is 3.26. The van der Waals surface area contributed by atoms with E-state index in [4.69, 9.17) is 5.26 Å². The summed E-state index contributed by atoms with van der Waals surface area (Å²) in [6.07, 6.45) is 0.0369. The van der Waals surface area contributed by atoms with E-state index >= 15 is 0 Å². The van der Waals surface area contributed by atoms with Crippen LogP contribution in [0.15, 0.2) is 24.3 Å². The lowest BCUT2D eigenvalue weighted by molar-refractivity contribution is -0.621. The van der Waals surface area contributed by atoms with Crippen LogP contribution in [-0.4, -0.2) is 4.98 Å². The first-order chi connectivity index (χ1) is 7.24. The Labute approximate surface area is 87.0 Å². The van der Waals surface area contributed by atoms with Crippen LogP contribution in [0.3, 0.4) is 0 Å². The van der Waals surface area contributed by atoms with Gasteiger partial charge in [0.05, 0.1) is 11.5 Å². The minimum Gasteiger partial charge on any atom is -0.711 e. The predicted octanol–water partition coefficient (Wildman–Crippen LogP) is 1.24. The number of rotatable bonds is 1. The number of aryl methyl sites for hydroxylation is 1.